The summed E-state index contributed by atoms with van der Waals surface area (Å²) in [6, 6.07) is 6.06. The quantitative estimate of drug-likeness (QED) is 0.793. The lowest BCUT2D eigenvalue weighted by atomic mass is 10.2. The SMILES string of the molecule is CCCNC(=O)C(C)N(C)CCOc1ccccc1F. The van der Waals surface area contributed by atoms with Crippen LogP contribution in [0, 0.1) is 5.82 Å². The summed E-state index contributed by atoms with van der Waals surface area (Å²) in [6.07, 6.45) is 0.915. The first-order valence-electron chi connectivity index (χ1n) is 6.91. The fourth-order valence-electron chi connectivity index (χ4n) is 1.65. The number of para-hydroxylation sites is 1. The summed E-state index contributed by atoms with van der Waals surface area (Å²) in [6.45, 7) is 5.42. The fourth-order valence-corrected chi connectivity index (χ4v) is 1.65. The normalized spacial score (nSPS) is 12.2. The Morgan fingerprint density at radius 1 is 1.45 bits per heavy atom. The lowest BCUT2D eigenvalue weighted by Gasteiger charge is -2.23. The second-order valence-electron chi connectivity index (χ2n) is 4.73. The Labute approximate surface area is 119 Å². The first kappa shape index (κ1) is 16.4. The monoisotopic (exact) mass is 282 g/mol. The van der Waals surface area contributed by atoms with Crippen LogP contribution in [0.2, 0.25) is 0 Å². The highest BCUT2D eigenvalue weighted by Crippen LogP contribution is 2.15. The van der Waals surface area contributed by atoms with E-state index in [2.05, 4.69) is 5.32 Å². The third-order valence-corrected chi connectivity index (χ3v) is 3.13. The molecule has 1 amide bonds. The smallest absolute Gasteiger partial charge is 0.237 e. The van der Waals surface area contributed by atoms with Crippen molar-refractivity contribution in [3.63, 3.8) is 0 Å². The van der Waals surface area contributed by atoms with Gasteiger partial charge < -0.3 is 10.1 Å². The molecule has 20 heavy (non-hydrogen) atoms. The molecular formula is C15H23FN2O2. The molecule has 0 aliphatic carbocycles. The minimum Gasteiger partial charge on any atom is -0.489 e. The van der Waals surface area contributed by atoms with E-state index in [-0.39, 0.29) is 23.5 Å². The fraction of sp³-hybridized carbons (Fsp3) is 0.533. The summed E-state index contributed by atoms with van der Waals surface area (Å²) in [5, 5.41) is 2.85. The van der Waals surface area contributed by atoms with Gasteiger partial charge in [0.1, 0.15) is 6.61 Å². The molecule has 0 saturated carbocycles. The van der Waals surface area contributed by atoms with Crippen molar-refractivity contribution in [3.8, 4) is 5.75 Å². The van der Waals surface area contributed by atoms with Gasteiger partial charge in [-0.05, 0) is 32.5 Å². The molecule has 0 heterocycles. The molecule has 4 nitrogen and oxygen atoms in total. The van der Waals surface area contributed by atoms with Gasteiger partial charge in [0.2, 0.25) is 5.91 Å². The van der Waals surface area contributed by atoms with Gasteiger partial charge in [0.15, 0.2) is 11.6 Å². The molecule has 112 valence electrons. The van der Waals surface area contributed by atoms with Gasteiger partial charge in [-0.15, -0.1) is 0 Å². The van der Waals surface area contributed by atoms with E-state index in [0.29, 0.717) is 19.7 Å². The predicted octanol–water partition coefficient (Wildman–Crippen LogP) is 2.05. The van der Waals surface area contributed by atoms with Crippen LogP contribution in [-0.2, 0) is 4.79 Å². The van der Waals surface area contributed by atoms with E-state index in [9.17, 15) is 9.18 Å². The van der Waals surface area contributed by atoms with Gasteiger partial charge in [0.25, 0.3) is 0 Å². The Balaban J connectivity index is 2.34. The van der Waals surface area contributed by atoms with Crippen LogP contribution in [-0.4, -0.2) is 43.6 Å². The van der Waals surface area contributed by atoms with Gasteiger partial charge >= 0.3 is 0 Å². The number of benzene rings is 1. The first-order chi connectivity index (χ1) is 9.56. The maximum Gasteiger partial charge on any atom is 0.237 e. The molecule has 0 fully saturated rings. The van der Waals surface area contributed by atoms with E-state index in [1.165, 1.54) is 6.07 Å². The molecule has 1 aromatic rings. The Morgan fingerprint density at radius 3 is 2.80 bits per heavy atom. The van der Waals surface area contributed by atoms with Crippen molar-refractivity contribution in [2.45, 2.75) is 26.3 Å². The van der Waals surface area contributed by atoms with Crippen LogP contribution in [0.1, 0.15) is 20.3 Å². The molecule has 0 saturated heterocycles. The van der Waals surface area contributed by atoms with E-state index in [0.717, 1.165) is 6.42 Å². The largest absolute Gasteiger partial charge is 0.489 e. The Morgan fingerprint density at radius 2 is 2.15 bits per heavy atom. The van der Waals surface area contributed by atoms with Crippen molar-refractivity contribution >= 4 is 5.91 Å². The number of amides is 1. The molecule has 1 aromatic carbocycles. The number of carbonyl (C=O) groups is 1. The molecule has 1 rings (SSSR count). The third-order valence-electron chi connectivity index (χ3n) is 3.13. The van der Waals surface area contributed by atoms with Crippen molar-refractivity contribution in [1.82, 2.24) is 10.2 Å². The standard InChI is InChI=1S/C15H23FN2O2/c1-4-9-17-15(19)12(2)18(3)10-11-20-14-8-6-5-7-13(14)16/h5-8,12H,4,9-11H2,1-3H3,(H,17,19). The Kier molecular flexibility index (Phi) is 7.01. The molecular weight excluding hydrogens is 259 g/mol. The minimum atomic E-state index is -0.371. The summed E-state index contributed by atoms with van der Waals surface area (Å²) >= 11 is 0. The predicted molar refractivity (Wildman–Crippen MR) is 77.3 cm³/mol. The molecule has 0 aromatic heterocycles. The molecule has 1 N–H and O–H groups in total. The number of hydrogen-bond acceptors (Lipinski definition) is 3. The Bertz CT molecular complexity index is 426. The van der Waals surface area contributed by atoms with Gasteiger partial charge in [-0.2, -0.15) is 0 Å². The number of nitrogens with one attached hydrogen (secondary N) is 1. The molecule has 0 bridgehead atoms. The van der Waals surface area contributed by atoms with E-state index in [1.54, 1.807) is 18.2 Å². The molecule has 1 atom stereocenters. The zero-order valence-corrected chi connectivity index (χ0v) is 12.4. The number of nitrogens with zero attached hydrogens (tertiary/aromatic N) is 1. The zero-order valence-electron chi connectivity index (χ0n) is 12.4. The van der Waals surface area contributed by atoms with Gasteiger partial charge in [-0.1, -0.05) is 19.1 Å². The lowest BCUT2D eigenvalue weighted by Crippen LogP contribution is -2.44. The van der Waals surface area contributed by atoms with E-state index < -0.39 is 0 Å². The number of likely N-dealkylation sites (N-methyl/N-ethyl adjacent to an activating group) is 1. The van der Waals surface area contributed by atoms with Crippen molar-refractivity contribution in [2.75, 3.05) is 26.7 Å². The van der Waals surface area contributed by atoms with E-state index >= 15 is 0 Å². The van der Waals surface area contributed by atoms with Gasteiger partial charge in [0.05, 0.1) is 6.04 Å². The lowest BCUT2D eigenvalue weighted by molar-refractivity contribution is -0.125. The van der Waals surface area contributed by atoms with Crippen LogP contribution in [0.4, 0.5) is 4.39 Å². The van der Waals surface area contributed by atoms with Crippen molar-refractivity contribution < 1.29 is 13.9 Å². The molecule has 0 spiro atoms. The highest BCUT2D eigenvalue weighted by molar-refractivity contribution is 5.81. The first-order valence-corrected chi connectivity index (χ1v) is 6.91. The molecule has 0 aliphatic rings. The number of ether oxygens (including phenoxy) is 1. The topological polar surface area (TPSA) is 41.6 Å². The van der Waals surface area contributed by atoms with E-state index in [4.69, 9.17) is 4.74 Å². The summed E-state index contributed by atoms with van der Waals surface area (Å²) < 4.78 is 18.7. The molecule has 0 aliphatic heterocycles. The summed E-state index contributed by atoms with van der Waals surface area (Å²) in [7, 11) is 1.85. The summed E-state index contributed by atoms with van der Waals surface area (Å²) in [4.78, 5) is 13.7. The van der Waals surface area contributed by atoms with Crippen LogP contribution in [0.25, 0.3) is 0 Å². The number of carbonyl (C=O) groups excluding carboxylic acids is 1. The second kappa shape index (κ2) is 8.53. The van der Waals surface area contributed by atoms with Crippen LogP contribution < -0.4 is 10.1 Å². The van der Waals surface area contributed by atoms with Crippen LogP contribution >= 0.6 is 0 Å². The third kappa shape index (κ3) is 5.17. The molecule has 1 unspecified atom stereocenters. The van der Waals surface area contributed by atoms with Crippen LogP contribution in [0.3, 0.4) is 0 Å². The summed E-state index contributed by atoms with van der Waals surface area (Å²) in [5.41, 5.74) is 0. The molecule has 5 heteroatoms. The van der Waals surface area contributed by atoms with Gasteiger partial charge in [0, 0.05) is 13.1 Å². The van der Waals surface area contributed by atoms with Gasteiger partial charge in [-0.25, -0.2) is 4.39 Å². The Hall–Kier alpha value is -1.62. The average molecular weight is 282 g/mol. The van der Waals surface area contributed by atoms with Crippen molar-refractivity contribution in [2.24, 2.45) is 0 Å². The van der Waals surface area contributed by atoms with E-state index in [1.807, 2.05) is 25.8 Å². The zero-order chi connectivity index (χ0) is 15.0. The minimum absolute atomic E-state index is 0.000224. The number of rotatable bonds is 8. The van der Waals surface area contributed by atoms with Crippen LogP contribution in [0.15, 0.2) is 24.3 Å². The maximum absolute atomic E-state index is 13.3. The van der Waals surface area contributed by atoms with Crippen LogP contribution in [0.5, 0.6) is 5.75 Å². The van der Waals surface area contributed by atoms with Crippen molar-refractivity contribution in [3.05, 3.63) is 30.1 Å². The highest BCUT2D eigenvalue weighted by atomic mass is 19.1. The van der Waals surface area contributed by atoms with Crippen molar-refractivity contribution in [1.29, 1.82) is 0 Å². The second-order valence-corrected chi connectivity index (χ2v) is 4.73. The average Bonchev–Trinajstić information content (AvgIpc) is 2.45. The van der Waals surface area contributed by atoms with Gasteiger partial charge in [-0.3, -0.25) is 9.69 Å². The summed E-state index contributed by atoms with van der Waals surface area (Å²) in [5.74, 6) is -0.131. The highest BCUT2D eigenvalue weighted by Gasteiger charge is 2.17. The maximum atomic E-state index is 13.3. The molecule has 0 radical (unpaired) electrons. The number of halogens is 1. The number of hydrogen-bond donors (Lipinski definition) is 1.